The maximum absolute atomic E-state index is 10.5. The molecule has 1 aliphatic carbocycles. The van der Waals surface area contributed by atoms with Gasteiger partial charge in [-0.2, -0.15) is 0 Å². The van der Waals surface area contributed by atoms with E-state index < -0.39 is 5.60 Å². The van der Waals surface area contributed by atoms with Gasteiger partial charge in [-0.15, -0.1) is 0 Å². The Morgan fingerprint density at radius 2 is 2.19 bits per heavy atom. The van der Waals surface area contributed by atoms with Crippen LogP contribution in [-0.4, -0.2) is 11.7 Å². The second-order valence-corrected chi connectivity index (χ2v) is 5.29. The average Bonchev–Trinajstić information content (AvgIpc) is 2.26. The third-order valence-electron chi connectivity index (χ3n) is 3.81. The summed E-state index contributed by atoms with van der Waals surface area (Å²) in [7, 11) is 0. The molecule has 0 amide bonds. The van der Waals surface area contributed by atoms with Crippen molar-refractivity contribution in [3.63, 3.8) is 0 Å². The Balaban J connectivity index is 2.01. The van der Waals surface area contributed by atoms with Crippen molar-refractivity contribution in [1.29, 1.82) is 0 Å². The van der Waals surface area contributed by atoms with Crippen LogP contribution in [0.5, 0.6) is 5.75 Å². The molecule has 0 unspecified atom stereocenters. The van der Waals surface area contributed by atoms with Gasteiger partial charge in [-0.25, -0.2) is 0 Å². The molecule has 2 aliphatic rings. The van der Waals surface area contributed by atoms with Gasteiger partial charge in [0.25, 0.3) is 0 Å². The number of hydrogen-bond donors (Lipinski definition) is 1. The second kappa shape index (κ2) is 3.49. The molecule has 1 aromatic carbocycles. The first-order chi connectivity index (χ1) is 7.69. The van der Waals surface area contributed by atoms with E-state index in [2.05, 4.69) is 13.0 Å². The summed E-state index contributed by atoms with van der Waals surface area (Å²) >= 11 is 0. The van der Waals surface area contributed by atoms with Crippen LogP contribution in [0.25, 0.3) is 0 Å². The molecule has 1 fully saturated rings. The minimum absolute atomic E-state index is 0.623. The maximum atomic E-state index is 10.5. The Bertz CT molecular complexity index is 405. The van der Waals surface area contributed by atoms with Gasteiger partial charge in [0, 0.05) is 5.56 Å². The van der Waals surface area contributed by atoms with Gasteiger partial charge in [0.05, 0.1) is 12.2 Å². The molecule has 3 rings (SSSR count). The van der Waals surface area contributed by atoms with Crippen LogP contribution in [-0.2, 0) is 12.0 Å². The van der Waals surface area contributed by atoms with Crippen molar-refractivity contribution in [3.8, 4) is 5.75 Å². The van der Waals surface area contributed by atoms with E-state index >= 15 is 0 Å². The fraction of sp³-hybridized carbons (Fsp3) is 0.571. The van der Waals surface area contributed by atoms with Crippen LogP contribution in [0.3, 0.4) is 0 Å². The molecule has 1 heterocycles. The van der Waals surface area contributed by atoms with E-state index in [1.807, 2.05) is 12.1 Å². The summed E-state index contributed by atoms with van der Waals surface area (Å²) < 4.78 is 5.75. The fourth-order valence-electron chi connectivity index (χ4n) is 3.07. The standard InChI is InChI=1S/C14H18O2/c1-10-8-14(15,9-10)12-6-2-4-11-5-3-7-16-13(11)12/h2,4,6,10,15H,3,5,7-9H2,1H3. The van der Waals surface area contributed by atoms with E-state index in [4.69, 9.17) is 4.74 Å². The molecule has 1 N–H and O–H groups in total. The lowest BCUT2D eigenvalue weighted by Gasteiger charge is -2.43. The lowest BCUT2D eigenvalue weighted by molar-refractivity contribution is -0.0757. The number of fused-ring (bicyclic) bond motifs is 1. The van der Waals surface area contributed by atoms with E-state index in [9.17, 15) is 5.11 Å². The molecule has 1 aromatic rings. The Kier molecular flexibility index (Phi) is 2.21. The van der Waals surface area contributed by atoms with Gasteiger partial charge < -0.3 is 9.84 Å². The number of rotatable bonds is 1. The van der Waals surface area contributed by atoms with Crippen LogP contribution < -0.4 is 4.74 Å². The van der Waals surface area contributed by atoms with Crippen molar-refractivity contribution < 1.29 is 9.84 Å². The van der Waals surface area contributed by atoms with E-state index in [1.165, 1.54) is 5.56 Å². The first-order valence-electron chi connectivity index (χ1n) is 6.16. The zero-order valence-electron chi connectivity index (χ0n) is 9.70. The van der Waals surface area contributed by atoms with Gasteiger partial charge in [-0.3, -0.25) is 0 Å². The van der Waals surface area contributed by atoms with Crippen LogP contribution >= 0.6 is 0 Å². The molecule has 16 heavy (non-hydrogen) atoms. The summed E-state index contributed by atoms with van der Waals surface area (Å²) in [6.45, 7) is 2.97. The third kappa shape index (κ3) is 1.44. The molecular weight excluding hydrogens is 200 g/mol. The van der Waals surface area contributed by atoms with Gasteiger partial charge in [-0.05, 0) is 37.2 Å². The SMILES string of the molecule is CC1CC(O)(c2cccc3c2OCCC3)C1. The highest BCUT2D eigenvalue weighted by atomic mass is 16.5. The average molecular weight is 218 g/mol. The predicted octanol–water partition coefficient (Wildman–Crippen LogP) is 2.63. The van der Waals surface area contributed by atoms with Crippen LogP contribution in [0.4, 0.5) is 0 Å². The van der Waals surface area contributed by atoms with Gasteiger partial charge >= 0.3 is 0 Å². The molecule has 0 bridgehead atoms. The molecule has 2 nitrogen and oxygen atoms in total. The second-order valence-electron chi connectivity index (χ2n) is 5.29. The summed E-state index contributed by atoms with van der Waals surface area (Å²) in [6, 6.07) is 6.18. The van der Waals surface area contributed by atoms with E-state index in [0.29, 0.717) is 5.92 Å². The zero-order valence-corrected chi connectivity index (χ0v) is 9.70. The van der Waals surface area contributed by atoms with Crippen molar-refractivity contribution in [1.82, 2.24) is 0 Å². The number of hydrogen-bond acceptors (Lipinski definition) is 2. The third-order valence-corrected chi connectivity index (χ3v) is 3.81. The van der Waals surface area contributed by atoms with Gasteiger partial charge in [0.15, 0.2) is 0 Å². The molecule has 1 saturated carbocycles. The highest BCUT2D eigenvalue weighted by Gasteiger charge is 2.43. The highest BCUT2D eigenvalue weighted by Crippen LogP contribution is 2.49. The largest absolute Gasteiger partial charge is 0.493 e. The molecule has 0 aromatic heterocycles. The molecule has 1 aliphatic heterocycles. The number of ether oxygens (including phenoxy) is 1. The summed E-state index contributed by atoms with van der Waals surface area (Å²) in [4.78, 5) is 0. The monoisotopic (exact) mass is 218 g/mol. The molecule has 0 atom stereocenters. The van der Waals surface area contributed by atoms with Crippen LogP contribution in [0.2, 0.25) is 0 Å². The minimum Gasteiger partial charge on any atom is -0.493 e. The molecule has 86 valence electrons. The first-order valence-corrected chi connectivity index (χ1v) is 6.16. The highest BCUT2D eigenvalue weighted by molar-refractivity contribution is 5.46. The van der Waals surface area contributed by atoms with Crippen LogP contribution in [0.1, 0.15) is 37.3 Å². The molecule has 0 radical (unpaired) electrons. The fourth-order valence-corrected chi connectivity index (χ4v) is 3.07. The van der Waals surface area contributed by atoms with Crippen molar-refractivity contribution in [2.45, 2.75) is 38.2 Å². The Labute approximate surface area is 96.2 Å². The van der Waals surface area contributed by atoms with Crippen LogP contribution in [0, 0.1) is 5.92 Å². The quantitative estimate of drug-likeness (QED) is 0.785. The predicted molar refractivity (Wildman–Crippen MR) is 62.6 cm³/mol. The normalized spacial score (nSPS) is 32.5. The van der Waals surface area contributed by atoms with Gasteiger partial charge in [-0.1, -0.05) is 25.1 Å². The number of aliphatic hydroxyl groups is 1. The summed E-state index contributed by atoms with van der Waals surface area (Å²) in [5.74, 6) is 1.59. The van der Waals surface area contributed by atoms with E-state index in [0.717, 1.165) is 43.6 Å². The minimum atomic E-state index is -0.623. The zero-order chi connectivity index (χ0) is 11.2. The lowest BCUT2D eigenvalue weighted by Crippen LogP contribution is -2.40. The van der Waals surface area contributed by atoms with Crippen LogP contribution in [0.15, 0.2) is 18.2 Å². The van der Waals surface area contributed by atoms with E-state index in [-0.39, 0.29) is 0 Å². The summed E-state index contributed by atoms with van der Waals surface area (Å²) in [5, 5.41) is 10.5. The number of benzene rings is 1. The van der Waals surface area contributed by atoms with Crippen molar-refractivity contribution in [2.75, 3.05) is 6.61 Å². The summed E-state index contributed by atoms with van der Waals surface area (Å²) in [6.07, 6.45) is 3.90. The Hall–Kier alpha value is -1.02. The topological polar surface area (TPSA) is 29.5 Å². The number of aryl methyl sites for hydroxylation is 1. The number of para-hydroxylation sites is 1. The molecule has 2 heteroatoms. The van der Waals surface area contributed by atoms with Crippen molar-refractivity contribution in [2.24, 2.45) is 5.92 Å². The Morgan fingerprint density at radius 1 is 1.38 bits per heavy atom. The van der Waals surface area contributed by atoms with E-state index in [1.54, 1.807) is 0 Å². The molecule has 0 saturated heterocycles. The van der Waals surface area contributed by atoms with Gasteiger partial charge in [0.1, 0.15) is 5.75 Å². The molecular formula is C14H18O2. The Morgan fingerprint density at radius 3 is 2.94 bits per heavy atom. The first kappa shape index (κ1) is 10.2. The lowest BCUT2D eigenvalue weighted by atomic mass is 9.67. The molecule has 0 spiro atoms. The van der Waals surface area contributed by atoms with Gasteiger partial charge in [0.2, 0.25) is 0 Å². The smallest absolute Gasteiger partial charge is 0.128 e. The maximum Gasteiger partial charge on any atom is 0.128 e. The van der Waals surface area contributed by atoms with Crippen molar-refractivity contribution >= 4 is 0 Å². The summed E-state index contributed by atoms with van der Waals surface area (Å²) in [5.41, 5.74) is 1.65. The van der Waals surface area contributed by atoms with Crippen molar-refractivity contribution in [3.05, 3.63) is 29.3 Å².